The molecule has 0 aliphatic heterocycles. The summed E-state index contributed by atoms with van der Waals surface area (Å²) in [5.74, 6) is -0.362. The number of halogens is 1. The van der Waals surface area contributed by atoms with Gasteiger partial charge in [-0.15, -0.1) is 0 Å². The van der Waals surface area contributed by atoms with Gasteiger partial charge >= 0.3 is 0 Å². The van der Waals surface area contributed by atoms with E-state index in [1.165, 1.54) is 7.11 Å². The van der Waals surface area contributed by atoms with Gasteiger partial charge in [0.25, 0.3) is 0 Å². The van der Waals surface area contributed by atoms with Crippen molar-refractivity contribution in [3.63, 3.8) is 0 Å². The quantitative estimate of drug-likeness (QED) is 0.777. The predicted molar refractivity (Wildman–Crippen MR) is 48.5 cm³/mol. The Balaban J connectivity index is 3.08. The second kappa shape index (κ2) is 4.23. The van der Waals surface area contributed by atoms with Gasteiger partial charge in [0.15, 0.2) is 11.6 Å². The van der Waals surface area contributed by atoms with E-state index in [4.69, 9.17) is 9.84 Å². The van der Waals surface area contributed by atoms with Gasteiger partial charge in [0.05, 0.1) is 7.11 Å². The van der Waals surface area contributed by atoms with Crippen molar-refractivity contribution in [3.8, 4) is 5.75 Å². The first-order chi connectivity index (χ1) is 6.20. The van der Waals surface area contributed by atoms with Crippen LogP contribution in [0.3, 0.4) is 0 Å². The molecule has 0 heterocycles. The summed E-state index contributed by atoms with van der Waals surface area (Å²) in [7, 11) is 1.42. The highest BCUT2D eigenvalue weighted by molar-refractivity contribution is 5.32. The number of benzene rings is 1. The Morgan fingerprint density at radius 1 is 1.54 bits per heavy atom. The number of methoxy groups -OCH3 is 1. The molecule has 13 heavy (non-hydrogen) atoms. The van der Waals surface area contributed by atoms with Crippen LogP contribution in [0.4, 0.5) is 4.39 Å². The molecule has 0 saturated carbocycles. The Bertz CT molecular complexity index is 286. The third kappa shape index (κ3) is 1.98. The van der Waals surface area contributed by atoms with Crippen LogP contribution in [0.1, 0.15) is 18.4 Å². The molecule has 0 aliphatic carbocycles. The van der Waals surface area contributed by atoms with E-state index in [0.29, 0.717) is 5.56 Å². The summed E-state index contributed by atoms with van der Waals surface area (Å²) >= 11 is 0. The van der Waals surface area contributed by atoms with Crippen LogP contribution in [-0.4, -0.2) is 18.8 Å². The van der Waals surface area contributed by atoms with Crippen LogP contribution in [0.25, 0.3) is 0 Å². The summed E-state index contributed by atoms with van der Waals surface area (Å²) in [6, 6.07) is 4.92. The van der Waals surface area contributed by atoms with E-state index in [2.05, 4.69) is 0 Å². The first kappa shape index (κ1) is 9.99. The maximum atomic E-state index is 13.5. The van der Waals surface area contributed by atoms with Crippen molar-refractivity contribution in [1.29, 1.82) is 0 Å². The first-order valence-electron chi connectivity index (χ1n) is 4.14. The summed E-state index contributed by atoms with van der Waals surface area (Å²) in [6.07, 6.45) is 0. The first-order valence-corrected chi connectivity index (χ1v) is 4.14. The molecule has 1 unspecified atom stereocenters. The normalized spacial score (nSPS) is 12.6. The number of aliphatic hydroxyl groups excluding tert-OH is 1. The van der Waals surface area contributed by atoms with E-state index < -0.39 is 0 Å². The molecule has 1 N–H and O–H groups in total. The van der Waals surface area contributed by atoms with Gasteiger partial charge in [0, 0.05) is 12.5 Å². The fraction of sp³-hybridized carbons (Fsp3) is 0.400. The standard InChI is InChI=1S/C10H13FO2/c1-7(6-12)8-4-3-5-9(13-2)10(8)11/h3-5,7,12H,6H2,1-2H3. The Labute approximate surface area is 77.0 Å². The van der Waals surface area contributed by atoms with Crippen molar-refractivity contribution < 1.29 is 14.2 Å². The van der Waals surface area contributed by atoms with Gasteiger partial charge in [-0.2, -0.15) is 0 Å². The van der Waals surface area contributed by atoms with Crippen molar-refractivity contribution in [2.45, 2.75) is 12.8 Å². The molecule has 0 fully saturated rings. The van der Waals surface area contributed by atoms with Crippen LogP contribution in [0.2, 0.25) is 0 Å². The van der Waals surface area contributed by atoms with Gasteiger partial charge < -0.3 is 9.84 Å². The summed E-state index contributed by atoms with van der Waals surface area (Å²) in [5.41, 5.74) is 0.488. The Hall–Kier alpha value is -1.09. The molecule has 0 saturated heterocycles. The van der Waals surface area contributed by atoms with Crippen molar-refractivity contribution in [3.05, 3.63) is 29.6 Å². The van der Waals surface area contributed by atoms with Crippen LogP contribution >= 0.6 is 0 Å². The molecule has 0 aromatic heterocycles. The van der Waals surface area contributed by atoms with Crippen LogP contribution in [0.15, 0.2) is 18.2 Å². The van der Waals surface area contributed by atoms with Crippen LogP contribution in [-0.2, 0) is 0 Å². The second-order valence-corrected chi connectivity index (χ2v) is 2.95. The molecule has 72 valence electrons. The zero-order valence-corrected chi connectivity index (χ0v) is 7.75. The molecule has 0 radical (unpaired) electrons. The Morgan fingerprint density at radius 2 is 2.23 bits per heavy atom. The SMILES string of the molecule is COc1cccc(C(C)CO)c1F. The highest BCUT2D eigenvalue weighted by Crippen LogP contribution is 2.25. The van der Waals surface area contributed by atoms with Gasteiger partial charge in [-0.05, 0) is 11.6 Å². The second-order valence-electron chi connectivity index (χ2n) is 2.95. The van der Waals surface area contributed by atoms with E-state index >= 15 is 0 Å². The molecule has 1 aromatic carbocycles. The molecule has 3 heteroatoms. The highest BCUT2D eigenvalue weighted by atomic mass is 19.1. The van der Waals surface area contributed by atoms with Crippen molar-refractivity contribution in [1.82, 2.24) is 0 Å². The summed E-state index contributed by atoms with van der Waals surface area (Å²) in [5, 5.41) is 8.87. The zero-order chi connectivity index (χ0) is 9.84. The minimum absolute atomic E-state index is 0.0654. The molecular weight excluding hydrogens is 171 g/mol. The fourth-order valence-corrected chi connectivity index (χ4v) is 1.16. The Kier molecular flexibility index (Phi) is 3.25. The number of hydrogen-bond acceptors (Lipinski definition) is 2. The van der Waals surface area contributed by atoms with Crippen LogP contribution < -0.4 is 4.74 Å². The van der Waals surface area contributed by atoms with Gasteiger partial charge in [0.1, 0.15) is 0 Å². The number of aliphatic hydroxyl groups is 1. The molecule has 0 spiro atoms. The van der Waals surface area contributed by atoms with Crippen molar-refractivity contribution >= 4 is 0 Å². The van der Waals surface area contributed by atoms with Crippen LogP contribution in [0, 0.1) is 5.82 Å². The Morgan fingerprint density at radius 3 is 2.77 bits per heavy atom. The molecule has 2 nitrogen and oxygen atoms in total. The molecule has 1 atom stereocenters. The third-order valence-corrected chi connectivity index (χ3v) is 2.02. The van der Waals surface area contributed by atoms with E-state index in [9.17, 15) is 4.39 Å². The largest absolute Gasteiger partial charge is 0.494 e. The van der Waals surface area contributed by atoms with Crippen LogP contribution in [0.5, 0.6) is 5.75 Å². The zero-order valence-electron chi connectivity index (χ0n) is 7.75. The molecule has 1 rings (SSSR count). The average molecular weight is 184 g/mol. The number of rotatable bonds is 3. The molecule has 1 aromatic rings. The monoisotopic (exact) mass is 184 g/mol. The topological polar surface area (TPSA) is 29.5 Å². The summed E-state index contributed by atoms with van der Waals surface area (Å²) in [4.78, 5) is 0. The molecule has 0 amide bonds. The molecule has 0 bridgehead atoms. The van der Waals surface area contributed by atoms with E-state index in [1.807, 2.05) is 0 Å². The average Bonchev–Trinajstić information content (AvgIpc) is 2.17. The summed E-state index contributed by atoms with van der Waals surface area (Å²) < 4.78 is 18.3. The lowest BCUT2D eigenvalue weighted by Crippen LogP contribution is -2.03. The smallest absolute Gasteiger partial charge is 0.168 e. The van der Waals surface area contributed by atoms with E-state index in [0.717, 1.165) is 0 Å². The summed E-state index contributed by atoms with van der Waals surface area (Å²) in [6.45, 7) is 1.70. The minimum Gasteiger partial charge on any atom is -0.494 e. The van der Waals surface area contributed by atoms with E-state index in [1.54, 1.807) is 25.1 Å². The number of hydrogen-bond donors (Lipinski definition) is 1. The van der Waals surface area contributed by atoms with Gasteiger partial charge in [-0.3, -0.25) is 0 Å². The lowest BCUT2D eigenvalue weighted by atomic mass is 10.0. The van der Waals surface area contributed by atoms with Gasteiger partial charge in [-0.1, -0.05) is 19.1 Å². The van der Waals surface area contributed by atoms with Gasteiger partial charge in [0.2, 0.25) is 0 Å². The maximum absolute atomic E-state index is 13.5. The van der Waals surface area contributed by atoms with Crippen molar-refractivity contribution in [2.75, 3.05) is 13.7 Å². The lowest BCUT2D eigenvalue weighted by Gasteiger charge is -2.11. The molecule has 0 aliphatic rings. The van der Waals surface area contributed by atoms with Crippen molar-refractivity contribution in [2.24, 2.45) is 0 Å². The number of ether oxygens (including phenoxy) is 1. The fourth-order valence-electron chi connectivity index (χ4n) is 1.16. The highest BCUT2D eigenvalue weighted by Gasteiger charge is 2.13. The van der Waals surface area contributed by atoms with Gasteiger partial charge in [-0.25, -0.2) is 4.39 Å². The predicted octanol–water partition coefficient (Wildman–Crippen LogP) is 1.93. The van der Waals surface area contributed by atoms with E-state index in [-0.39, 0.29) is 24.1 Å². The minimum atomic E-state index is -0.383. The third-order valence-electron chi connectivity index (χ3n) is 2.02. The maximum Gasteiger partial charge on any atom is 0.168 e. The lowest BCUT2D eigenvalue weighted by molar-refractivity contribution is 0.269. The molecular formula is C10H13FO2.